The lowest BCUT2D eigenvalue weighted by molar-refractivity contribution is 0.0943. The number of rotatable bonds is 8. The molecule has 8 nitrogen and oxygen atoms in total. The van der Waals surface area contributed by atoms with Crippen molar-refractivity contribution in [2.24, 2.45) is 0 Å². The van der Waals surface area contributed by atoms with Gasteiger partial charge in [-0.05, 0) is 36.6 Å². The number of ether oxygens (including phenoxy) is 2. The SMILES string of the molecule is COc1cccc(-c2nnc3ccc(OCCNC(=O)c4ccccc4SC)nn23)c1. The van der Waals surface area contributed by atoms with Gasteiger partial charge in [0.05, 0.1) is 19.2 Å². The first-order valence-electron chi connectivity index (χ1n) is 9.60. The average Bonchev–Trinajstić information content (AvgIpc) is 3.25. The van der Waals surface area contributed by atoms with Gasteiger partial charge in [0, 0.05) is 16.5 Å². The van der Waals surface area contributed by atoms with E-state index in [1.54, 1.807) is 23.8 Å². The van der Waals surface area contributed by atoms with Gasteiger partial charge in [-0.25, -0.2) is 0 Å². The van der Waals surface area contributed by atoms with Crippen LogP contribution in [0, 0.1) is 0 Å². The van der Waals surface area contributed by atoms with E-state index in [0.717, 1.165) is 16.2 Å². The topological polar surface area (TPSA) is 90.6 Å². The van der Waals surface area contributed by atoms with Crippen LogP contribution in [0.1, 0.15) is 10.4 Å². The third-order valence-corrected chi connectivity index (χ3v) is 5.35. The molecular formula is C22H21N5O3S. The number of hydrogen-bond acceptors (Lipinski definition) is 7. The monoisotopic (exact) mass is 435 g/mol. The molecule has 0 bridgehead atoms. The van der Waals surface area contributed by atoms with E-state index in [2.05, 4.69) is 20.6 Å². The summed E-state index contributed by atoms with van der Waals surface area (Å²) in [6, 6.07) is 18.5. The van der Waals surface area contributed by atoms with E-state index in [-0.39, 0.29) is 12.5 Å². The summed E-state index contributed by atoms with van der Waals surface area (Å²) in [5.41, 5.74) is 2.09. The van der Waals surface area contributed by atoms with E-state index in [1.165, 1.54) is 11.8 Å². The summed E-state index contributed by atoms with van der Waals surface area (Å²) in [5.74, 6) is 1.59. The number of thioether (sulfide) groups is 1. The summed E-state index contributed by atoms with van der Waals surface area (Å²) in [6.45, 7) is 0.633. The molecule has 4 rings (SSSR count). The molecule has 0 radical (unpaired) electrons. The van der Waals surface area contributed by atoms with E-state index >= 15 is 0 Å². The van der Waals surface area contributed by atoms with E-state index in [4.69, 9.17) is 9.47 Å². The first-order valence-corrected chi connectivity index (χ1v) is 10.8. The predicted octanol–water partition coefficient (Wildman–Crippen LogP) is 3.33. The Balaban J connectivity index is 1.42. The van der Waals surface area contributed by atoms with Crippen molar-refractivity contribution in [2.75, 3.05) is 26.5 Å². The Kier molecular flexibility index (Phi) is 6.32. The highest BCUT2D eigenvalue weighted by atomic mass is 32.2. The minimum absolute atomic E-state index is 0.129. The summed E-state index contributed by atoms with van der Waals surface area (Å²) in [7, 11) is 1.61. The molecule has 2 aromatic carbocycles. The smallest absolute Gasteiger partial charge is 0.252 e. The fourth-order valence-electron chi connectivity index (χ4n) is 3.04. The molecule has 0 spiro atoms. The maximum Gasteiger partial charge on any atom is 0.252 e. The van der Waals surface area contributed by atoms with Gasteiger partial charge in [-0.2, -0.15) is 4.52 Å². The largest absolute Gasteiger partial charge is 0.497 e. The summed E-state index contributed by atoms with van der Waals surface area (Å²) in [4.78, 5) is 13.3. The number of carbonyl (C=O) groups is 1. The molecule has 0 unspecified atom stereocenters. The first-order chi connectivity index (χ1) is 15.2. The molecule has 4 aromatic rings. The zero-order chi connectivity index (χ0) is 21.6. The van der Waals surface area contributed by atoms with Crippen molar-refractivity contribution in [1.82, 2.24) is 25.1 Å². The number of amides is 1. The highest BCUT2D eigenvalue weighted by Crippen LogP contribution is 2.23. The maximum atomic E-state index is 12.4. The van der Waals surface area contributed by atoms with Gasteiger partial charge in [0.25, 0.3) is 5.91 Å². The van der Waals surface area contributed by atoms with Crippen molar-refractivity contribution in [2.45, 2.75) is 4.90 Å². The van der Waals surface area contributed by atoms with E-state index < -0.39 is 0 Å². The molecule has 0 fully saturated rings. The minimum Gasteiger partial charge on any atom is -0.497 e. The molecule has 158 valence electrons. The number of aromatic nitrogens is 4. The van der Waals surface area contributed by atoms with Crippen LogP contribution in [0.4, 0.5) is 0 Å². The van der Waals surface area contributed by atoms with Crippen LogP contribution >= 0.6 is 11.8 Å². The molecule has 0 aliphatic rings. The van der Waals surface area contributed by atoms with E-state index in [0.29, 0.717) is 29.5 Å². The van der Waals surface area contributed by atoms with Crippen LogP contribution < -0.4 is 14.8 Å². The highest BCUT2D eigenvalue weighted by molar-refractivity contribution is 7.98. The fraction of sp³-hybridized carbons (Fsp3) is 0.182. The minimum atomic E-state index is -0.129. The number of carbonyl (C=O) groups excluding carboxylic acids is 1. The summed E-state index contributed by atoms with van der Waals surface area (Å²) in [5, 5.41) is 15.7. The normalized spacial score (nSPS) is 10.8. The van der Waals surface area contributed by atoms with Crippen LogP contribution in [0.2, 0.25) is 0 Å². The predicted molar refractivity (Wildman–Crippen MR) is 119 cm³/mol. The van der Waals surface area contributed by atoms with Crippen molar-refractivity contribution in [3.8, 4) is 23.0 Å². The Labute approximate surface area is 183 Å². The number of benzene rings is 2. The van der Waals surface area contributed by atoms with Gasteiger partial charge in [0.15, 0.2) is 11.5 Å². The van der Waals surface area contributed by atoms with Gasteiger partial charge in [0.2, 0.25) is 5.88 Å². The standard InChI is InChI=1S/C22H21N5O3S/c1-29-16-7-5-6-15(14-16)21-25-24-19-10-11-20(26-27(19)21)30-13-12-23-22(28)17-8-3-4-9-18(17)31-2/h3-11,14H,12-13H2,1-2H3,(H,23,28). The molecular weight excluding hydrogens is 414 g/mol. The Hall–Kier alpha value is -3.59. The third-order valence-electron chi connectivity index (χ3n) is 4.56. The quantitative estimate of drug-likeness (QED) is 0.335. The van der Waals surface area contributed by atoms with Crippen LogP contribution in [0.3, 0.4) is 0 Å². The van der Waals surface area contributed by atoms with Gasteiger partial charge in [-0.1, -0.05) is 24.3 Å². The Morgan fingerprint density at radius 1 is 1.10 bits per heavy atom. The lowest BCUT2D eigenvalue weighted by atomic mass is 10.2. The second-order valence-corrected chi connectivity index (χ2v) is 7.35. The van der Waals surface area contributed by atoms with Crippen molar-refractivity contribution < 1.29 is 14.3 Å². The summed E-state index contributed by atoms with van der Waals surface area (Å²) in [6.07, 6.45) is 1.95. The molecule has 2 heterocycles. The molecule has 0 aliphatic carbocycles. The van der Waals surface area contributed by atoms with Gasteiger partial charge >= 0.3 is 0 Å². The van der Waals surface area contributed by atoms with Gasteiger partial charge in [-0.3, -0.25) is 4.79 Å². The summed E-state index contributed by atoms with van der Waals surface area (Å²) < 4.78 is 12.6. The lowest BCUT2D eigenvalue weighted by Gasteiger charge is -2.09. The molecule has 1 amide bonds. The number of methoxy groups -OCH3 is 1. The van der Waals surface area contributed by atoms with E-state index in [9.17, 15) is 4.79 Å². The fourth-order valence-corrected chi connectivity index (χ4v) is 3.63. The molecule has 0 aliphatic heterocycles. The second kappa shape index (κ2) is 9.48. The average molecular weight is 436 g/mol. The van der Waals surface area contributed by atoms with Crippen LogP contribution in [0.25, 0.3) is 17.0 Å². The molecule has 1 N–H and O–H groups in total. The Morgan fingerprint density at radius 3 is 2.81 bits per heavy atom. The number of fused-ring (bicyclic) bond motifs is 1. The van der Waals surface area contributed by atoms with Crippen molar-refractivity contribution >= 4 is 23.3 Å². The molecule has 2 aromatic heterocycles. The number of hydrogen-bond donors (Lipinski definition) is 1. The van der Waals surface area contributed by atoms with Crippen molar-refractivity contribution in [1.29, 1.82) is 0 Å². The van der Waals surface area contributed by atoms with Gasteiger partial charge in [0.1, 0.15) is 12.4 Å². The van der Waals surface area contributed by atoms with Crippen LogP contribution in [-0.4, -0.2) is 52.2 Å². The van der Waals surface area contributed by atoms with Crippen molar-refractivity contribution in [3.63, 3.8) is 0 Å². The zero-order valence-electron chi connectivity index (χ0n) is 17.1. The van der Waals surface area contributed by atoms with E-state index in [1.807, 2.05) is 54.8 Å². The Bertz CT molecular complexity index is 1210. The molecule has 0 saturated carbocycles. The van der Waals surface area contributed by atoms with Crippen LogP contribution in [0.15, 0.2) is 65.6 Å². The van der Waals surface area contributed by atoms with Crippen LogP contribution in [-0.2, 0) is 0 Å². The first kappa shape index (κ1) is 20.7. The lowest BCUT2D eigenvalue weighted by Crippen LogP contribution is -2.28. The highest BCUT2D eigenvalue weighted by Gasteiger charge is 2.12. The maximum absolute atomic E-state index is 12.4. The zero-order valence-corrected chi connectivity index (χ0v) is 17.9. The summed E-state index contributed by atoms with van der Waals surface area (Å²) >= 11 is 1.54. The molecule has 9 heteroatoms. The second-order valence-electron chi connectivity index (χ2n) is 6.50. The number of nitrogens with zero attached hydrogens (tertiary/aromatic N) is 4. The molecule has 31 heavy (non-hydrogen) atoms. The van der Waals surface area contributed by atoms with Crippen LogP contribution in [0.5, 0.6) is 11.6 Å². The van der Waals surface area contributed by atoms with Gasteiger partial charge in [-0.15, -0.1) is 27.1 Å². The third kappa shape index (κ3) is 4.61. The van der Waals surface area contributed by atoms with Gasteiger partial charge < -0.3 is 14.8 Å². The molecule has 0 atom stereocenters. The Morgan fingerprint density at radius 2 is 1.97 bits per heavy atom. The molecule has 0 saturated heterocycles. The van der Waals surface area contributed by atoms with Crippen molar-refractivity contribution in [3.05, 3.63) is 66.2 Å². The number of nitrogens with one attached hydrogen (secondary N) is 1.